The summed E-state index contributed by atoms with van der Waals surface area (Å²) >= 11 is 0. The highest BCUT2D eigenvalue weighted by molar-refractivity contribution is 5.94. The molecule has 4 aliphatic rings. The van der Waals surface area contributed by atoms with Gasteiger partial charge in [0.1, 0.15) is 47.5 Å². The van der Waals surface area contributed by atoms with Gasteiger partial charge in [-0.3, -0.25) is 9.69 Å². The van der Waals surface area contributed by atoms with Gasteiger partial charge in [-0.05, 0) is 56.5 Å². The number of methoxy groups -OCH3 is 1. The minimum absolute atomic E-state index is 0.0101. The standard InChI is InChI=1S/C42H44F4N12O2/c1-23-48-34-15-25(45)13-30-33-5-4-6-37(50-33)49-26-16-36(41(59)53(2)21-29(60-3)22-55(23)38(30)34)56(18-26)39-31-17-47-58(35-10-7-24(44)14-32(35)46)40(31)52-42(51-39)57-27-8-9-28(57)20-54(19-27)12-11-43/h4-7,10,13-15,17,26-29,36H,8-9,11-12,16,18-22H2,1-3H3,(H,49,50)/t26-,27?,28?,29-,36-/m0/s1. The third-order valence-corrected chi connectivity index (χ3v) is 12.5. The number of imidazole rings is 1. The van der Waals surface area contributed by atoms with Crippen molar-refractivity contribution in [3.63, 3.8) is 0 Å². The zero-order chi connectivity index (χ0) is 41.4. The zero-order valence-electron chi connectivity index (χ0n) is 33.4. The van der Waals surface area contributed by atoms with Gasteiger partial charge in [0.15, 0.2) is 11.5 Å². The lowest BCUT2D eigenvalue weighted by atomic mass is 10.1. The number of carbonyl (C=O) groups excluding carboxylic acids is 1. The Labute approximate surface area is 342 Å². The number of hydrogen-bond acceptors (Lipinski definition) is 11. The van der Waals surface area contributed by atoms with Crippen LogP contribution in [0.1, 0.15) is 25.1 Å². The van der Waals surface area contributed by atoms with Gasteiger partial charge in [-0.1, -0.05) is 6.07 Å². The Morgan fingerprint density at radius 2 is 1.73 bits per heavy atom. The Bertz CT molecular complexity index is 2620. The highest BCUT2D eigenvalue weighted by Crippen LogP contribution is 2.39. The van der Waals surface area contributed by atoms with E-state index in [1.807, 2.05) is 34.6 Å². The maximum Gasteiger partial charge on any atom is 0.245 e. The first-order valence-electron chi connectivity index (χ1n) is 20.3. The van der Waals surface area contributed by atoms with E-state index in [0.29, 0.717) is 90.4 Å². The van der Waals surface area contributed by atoms with Crippen LogP contribution in [0, 0.1) is 24.4 Å². The highest BCUT2D eigenvalue weighted by Gasteiger charge is 2.44. The number of amides is 1. The fraction of sp³-hybridized carbons (Fsp3) is 0.429. The molecule has 0 aliphatic carbocycles. The number of aryl methyl sites for hydroxylation is 1. The van der Waals surface area contributed by atoms with Crippen LogP contribution in [0.5, 0.6) is 0 Å². The average molecular weight is 825 g/mol. The van der Waals surface area contributed by atoms with Crippen LogP contribution in [0.15, 0.2) is 54.7 Å². The molecule has 2 unspecified atom stereocenters. The smallest absolute Gasteiger partial charge is 0.245 e. The fourth-order valence-electron chi connectivity index (χ4n) is 9.78. The van der Waals surface area contributed by atoms with E-state index in [1.165, 1.54) is 28.9 Å². The van der Waals surface area contributed by atoms with E-state index in [1.54, 1.807) is 25.3 Å². The molecule has 0 radical (unpaired) electrons. The number of fused-ring (bicyclic) bond motifs is 8. The lowest BCUT2D eigenvalue weighted by Gasteiger charge is -2.41. The van der Waals surface area contributed by atoms with Crippen LogP contribution in [0.2, 0.25) is 0 Å². The summed E-state index contributed by atoms with van der Waals surface area (Å²) in [7, 11) is 3.35. The summed E-state index contributed by atoms with van der Waals surface area (Å²) in [4.78, 5) is 42.7. The number of hydrogen-bond donors (Lipinski definition) is 1. The van der Waals surface area contributed by atoms with Gasteiger partial charge >= 0.3 is 0 Å². The van der Waals surface area contributed by atoms with Crippen molar-refractivity contribution in [2.24, 2.45) is 0 Å². The van der Waals surface area contributed by atoms with Gasteiger partial charge in [-0.15, -0.1) is 0 Å². The van der Waals surface area contributed by atoms with Crippen molar-refractivity contribution in [3.8, 4) is 16.9 Å². The van der Waals surface area contributed by atoms with Gasteiger partial charge in [-0.25, -0.2) is 32.2 Å². The molecule has 3 saturated heterocycles. The molecule has 6 bridgehead atoms. The number of halogens is 4. The lowest BCUT2D eigenvalue weighted by Crippen LogP contribution is -2.55. The Hall–Kier alpha value is -5.88. The summed E-state index contributed by atoms with van der Waals surface area (Å²) < 4.78 is 67.6. The molecule has 3 fully saturated rings. The number of rotatable bonds is 6. The molecule has 312 valence electrons. The molecule has 4 aliphatic heterocycles. The van der Waals surface area contributed by atoms with Crippen molar-refractivity contribution in [2.75, 3.05) is 68.7 Å². The number of nitrogens with zero attached hydrogens (tertiary/aromatic N) is 11. The minimum atomic E-state index is -0.811. The molecule has 5 atom stereocenters. The second-order valence-corrected chi connectivity index (χ2v) is 16.3. The predicted molar refractivity (Wildman–Crippen MR) is 218 cm³/mol. The Morgan fingerprint density at radius 3 is 2.50 bits per heavy atom. The van der Waals surface area contributed by atoms with Crippen molar-refractivity contribution in [2.45, 2.75) is 63.0 Å². The van der Waals surface area contributed by atoms with E-state index in [2.05, 4.69) is 25.2 Å². The third-order valence-electron chi connectivity index (χ3n) is 12.5. The van der Waals surface area contributed by atoms with Crippen LogP contribution in [0.4, 0.5) is 35.1 Å². The molecule has 1 N–H and O–H groups in total. The number of pyridine rings is 1. The molecular formula is C42H44F4N12O2. The first kappa shape index (κ1) is 38.3. The van der Waals surface area contributed by atoms with Gasteiger partial charge in [0.05, 0.1) is 41.0 Å². The van der Waals surface area contributed by atoms with Crippen LogP contribution in [-0.4, -0.2) is 134 Å². The maximum atomic E-state index is 15.5. The Kier molecular flexibility index (Phi) is 9.58. The number of piperazine rings is 1. The first-order chi connectivity index (χ1) is 29.1. The number of alkyl halides is 1. The molecule has 4 aromatic heterocycles. The molecule has 2 aromatic carbocycles. The van der Waals surface area contributed by atoms with Gasteiger partial charge in [0.2, 0.25) is 11.9 Å². The highest BCUT2D eigenvalue weighted by atomic mass is 19.1. The van der Waals surface area contributed by atoms with Crippen LogP contribution < -0.4 is 15.1 Å². The number of likely N-dealkylation sites (N-methyl/N-ethyl adjacent to an activating group) is 1. The molecule has 6 aromatic rings. The van der Waals surface area contributed by atoms with E-state index in [9.17, 15) is 13.6 Å². The monoisotopic (exact) mass is 824 g/mol. The number of benzene rings is 2. The van der Waals surface area contributed by atoms with Gasteiger partial charge < -0.3 is 29.3 Å². The molecule has 0 spiro atoms. The summed E-state index contributed by atoms with van der Waals surface area (Å²) in [6, 6.07) is 10.7. The van der Waals surface area contributed by atoms with E-state index in [4.69, 9.17) is 19.7 Å². The molecule has 60 heavy (non-hydrogen) atoms. The molecular weight excluding hydrogens is 781 g/mol. The second kappa shape index (κ2) is 15.0. The fourth-order valence-corrected chi connectivity index (χ4v) is 9.78. The number of ether oxygens (including phenoxy) is 1. The molecule has 0 saturated carbocycles. The van der Waals surface area contributed by atoms with Crippen molar-refractivity contribution in [1.29, 1.82) is 0 Å². The van der Waals surface area contributed by atoms with Crippen molar-refractivity contribution >= 4 is 45.6 Å². The SMILES string of the molecule is CO[C@H]1CN(C)C(=O)[C@@H]2C[C@@H](CN2c2nc(N3C4CCC3CN(CCF)C4)nc3c2cnn3-c2ccc(F)cc2F)Nc2cccc(n2)-c2cc(F)cc3nc(C)n(c23)C1. The molecule has 10 rings (SSSR count). The zero-order valence-corrected chi connectivity index (χ0v) is 33.4. The van der Waals surface area contributed by atoms with Crippen molar-refractivity contribution in [3.05, 3.63) is 78.0 Å². The van der Waals surface area contributed by atoms with E-state index in [0.717, 1.165) is 24.4 Å². The summed E-state index contributed by atoms with van der Waals surface area (Å²) in [5.41, 5.74) is 2.66. The summed E-state index contributed by atoms with van der Waals surface area (Å²) in [6.45, 7) is 3.93. The van der Waals surface area contributed by atoms with Crippen molar-refractivity contribution in [1.82, 2.24) is 44.1 Å². The quantitative estimate of drug-likeness (QED) is 0.225. The van der Waals surface area contributed by atoms with Crippen LogP contribution in [-0.2, 0) is 16.1 Å². The maximum absolute atomic E-state index is 15.5. The van der Waals surface area contributed by atoms with Gasteiger partial charge in [-0.2, -0.15) is 15.1 Å². The number of aromatic nitrogens is 7. The largest absolute Gasteiger partial charge is 0.378 e. The second-order valence-electron chi connectivity index (χ2n) is 16.3. The van der Waals surface area contributed by atoms with Gasteiger partial charge in [0.25, 0.3) is 0 Å². The van der Waals surface area contributed by atoms with Crippen molar-refractivity contribution < 1.29 is 27.1 Å². The van der Waals surface area contributed by atoms with Gasteiger partial charge in [0, 0.05) is 82.7 Å². The number of anilines is 3. The van der Waals surface area contributed by atoms with Crippen LogP contribution >= 0.6 is 0 Å². The summed E-state index contributed by atoms with van der Waals surface area (Å²) in [6.07, 6.45) is 3.19. The number of likely N-dealkylation sites (tertiary alicyclic amines) is 1. The van der Waals surface area contributed by atoms with E-state index < -0.39 is 36.3 Å². The van der Waals surface area contributed by atoms with E-state index in [-0.39, 0.29) is 36.3 Å². The Balaban J connectivity index is 1.10. The normalized spacial score (nSPS) is 23.4. The number of nitrogens with one attached hydrogen (secondary N) is 1. The third kappa shape index (κ3) is 6.56. The first-order valence-corrected chi connectivity index (χ1v) is 20.3. The lowest BCUT2D eigenvalue weighted by molar-refractivity contribution is -0.132. The molecule has 18 heteroatoms. The van der Waals surface area contributed by atoms with Crippen LogP contribution in [0.3, 0.4) is 0 Å². The topological polar surface area (TPSA) is 126 Å². The number of carbonyl (C=O) groups is 1. The Morgan fingerprint density at radius 1 is 0.917 bits per heavy atom. The van der Waals surface area contributed by atoms with Crippen LogP contribution in [0.25, 0.3) is 39.0 Å². The minimum Gasteiger partial charge on any atom is -0.378 e. The molecule has 1 amide bonds. The summed E-state index contributed by atoms with van der Waals surface area (Å²) in [5, 5.41) is 8.61. The molecule has 14 nitrogen and oxygen atoms in total. The summed E-state index contributed by atoms with van der Waals surface area (Å²) in [5.74, 6) is -0.0881. The average Bonchev–Trinajstić information content (AvgIpc) is 3.98. The molecule has 8 heterocycles. The predicted octanol–water partition coefficient (Wildman–Crippen LogP) is 5.12. The van der Waals surface area contributed by atoms with E-state index >= 15 is 8.78 Å².